The van der Waals surface area contributed by atoms with Gasteiger partial charge < -0.3 is 34.5 Å². The molecule has 0 saturated carbocycles. The summed E-state index contributed by atoms with van der Waals surface area (Å²) in [5.74, 6) is 0.310. The van der Waals surface area contributed by atoms with E-state index in [4.69, 9.17) is 30.5 Å². The van der Waals surface area contributed by atoms with E-state index in [9.17, 15) is 15.0 Å². The summed E-state index contributed by atoms with van der Waals surface area (Å²) in [5.41, 5.74) is 4.15. The summed E-state index contributed by atoms with van der Waals surface area (Å²) in [4.78, 5) is 23.5. The molecule has 248 valence electrons. The SMILES string of the molecule is C=C/C(=C\C=C(/C)c1ccc(C(/N=C2/N=C(O[C@H]3CO[C@H](CO)[C@@H](O)C3)NC2=C)=C(/C)Cl)cc1)NC(=O)OCCN1CCOCC1. The van der Waals surface area contributed by atoms with Crippen molar-refractivity contribution in [2.75, 3.05) is 52.7 Å². The highest BCUT2D eigenvalue weighted by molar-refractivity contribution is 6.32. The molecule has 4 N–H and O–H groups in total. The van der Waals surface area contributed by atoms with Gasteiger partial charge in [-0.25, -0.2) is 9.79 Å². The minimum absolute atomic E-state index is 0.192. The van der Waals surface area contributed by atoms with Crippen LogP contribution in [0, 0.1) is 0 Å². The van der Waals surface area contributed by atoms with Crippen LogP contribution >= 0.6 is 11.6 Å². The van der Waals surface area contributed by atoms with Crippen molar-refractivity contribution in [3.8, 4) is 0 Å². The molecule has 1 amide bonds. The number of hydrogen-bond acceptors (Lipinski definition) is 10. The number of aliphatic imine (C=N–C) groups is 2. The van der Waals surface area contributed by atoms with Gasteiger partial charge in [0.05, 0.1) is 43.9 Å². The average Bonchev–Trinajstić information content (AvgIpc) is 3.40. The second-order valence-corrected chi connectivity index (χ2v) is 11.5. The van der Waals surface area contributed by atoms with Crippen LogP contribution in [0.5, 0.6) is 0 Å². The van der Waals surface area contributed by atoms with Crippen molar-refractivity contribution in [1.29, 1.82) is 0 Å². The zero-order valence-corrected chi connectivity index (χ0v) is 27.0. The van der Waals surface area contributed by atoms with E-state index in [2.05, 4.69) is 38.7 Å². The standard InChI is InChI=1S/C33H42ClN5O7/c1-5-26(36-33(42)44-17-14-39-12-15-43-16-13-39)11-6-21(2)24-7-9-25(10-8-24)30(22(3)34)37-31-23(4)35-32(38-31)46-27-18-28(41)29(19-40)45-20-27/h5-11,27-29,40-41H,1,4,12-20H2,2-3H3,(H,36,42)(H,35,37,38)/b21-6+,26-11+,30-22+/t27-,28+,29-/m1/s1. The van der Waals surface area contributed by atoms with Crippen molar-refractivity contribution in [3.05, 3.63) is 83.2 Å². The van der Waals surface area contributed by atoms with Crippen molar-refractivity contribution < 1.29 is 34.0 Å². The fourth-order valence-electron chi connectivity index (χ4n) is 4.83. The van der Waals surface area contributed by atoms with Gasteiger partial charge in [0, 0.05) is 42.3 Å². The molecule has 1 aromatic carbocycles. The maximum absolute atomic E-state index is 12.3. The van der Waals surface area contributed by atoms with Gasteiger partial charge in [0.2, 0.25) is 0 Å². The van der Waals surface area contributed by atoms with Gasteiger partial charge in [-0.15, -0.1) is 0 Å². The number of aliphatic hydroxyl groups is 2. The Kier molecular flexibility index (Phi) is 13.1. The highest BCUT2D eigenvalue weighted by Gasteiger charge is 2.32. The van der Waals surface area contributed by atoms with Gasteiger partial charge in [-0.05, 0) is 37.1 Å². The molecular weight excluding hydrogens is 614 g/mol. The van der Waals surface area contributed by atoms with E-state index in [0.717, 1.165) is 29.8 Å². The third kappa shape index (κ3) is 10.1. The van der Waals surface area contributed by atoms with Crippen LogP contribution in [0.15, 0.2) is 82.1 Å². The number of rotatable bonds is 11. The molecule has 13 heteroatoms. The normalized spacial score (nSPS) is 24.2. The van der Waals surface area contributed by atoms with Crippen LogP contribution in [0.3, 0.4) is 0 Å². The molecule has 3 atom stereocenters. The number of ether oxygens (including phenoxy) is 4. The number of hydrogen-bond donors (Lipinski definition) is 4. The molecule has 4 rings (SSSR count). The first-order chi connectivity index (χ1) is 22.2. The Morgan fingerprint density at radius 2 is 1.96 bits per heavy atom. The van der Waals surface area contributed by atoms with E-state index in [1.54, 1.807) is 19.1 Å². The summed E-state index contributed by atoms with van der Waals surface area (Å²) in [6.45, 7) is 15.4. The van der Waals surface area contributed by atoms with Crippen molar-refractivity contribution >= 4 is 40.8 Å². The first-order valence-electron chi connectivity index (χ1n) is 15.1. The molecule has 0 aromatic heterocycles. The van der Waals surface area contributed by atoms with Gasteiger partial charge in [-0.3, -0.25) is 10.2 Å². The maximum atomic E-state index is 12.3. The van der Waals surface area contributed by atoms with Crippen LogP contribution in [-0.4, -0.2) is 104 Å². The quantitative estimate of drug-likeness (QED) is 0.263. The third-order valence-corrected chi connectivity index (χ3v) is 7.68. The Morgan fingerprint density at radius 1 is 1.24 bits per heavy atom. The molecule has 46 heavy (non-hydrogen) atoms. The van der Waals surface area contributed by atoms with Crippen molar-refractivity contribution in [2.45, 2.75) is 38.6 Å². The lowest BCUT2D eigenvalue weighted by atomic mass is 10.0. The second kappa shape index (κ2) is 17.2. The molecule has 2 saturated heterocycles. The number of alkyl carbamates (subject to hydrolysis) is 1. The summed E-state index contributed by atoms with van der Waals surface area (Å²) >= 11 is 6.45. The topological polar surface area (TPSA) is 146 Å². The fourth-order valence-corrected chi connectivity index (χ4v) is 4.98. The molecule has 0 radical (unpaired) electrons. The number of carbonyl (C=O) groups is 1. The number of carbonyl (C=O) groups excluding carboxylic acids is 1. The Bertz CT molecular complexity index is 1410. The van der Waals surface area contributed by atoms with Crippen LogP contribution in [0.1, 0.15) is 31.4 Å². The summed E-state index contributed by atoms with van der Waals surface area (Å²) in [6, 6.07) is 7.90. The summed E-state index contributed by atoms with van der Waals surface area (Å²) < 4.78 is 21.9. The number of aliphatic hydroxyl groups excluding tert-OH is 2. The third-order valence-electron chi connectivity index (χ3n) is 7.50. The number of nitrogens with zero attached hydrogens (tertiary/aromatic N) is 3. The Labute approximate surface area is 274 Å². The second-order valence-electron chi connectivity index (χ2n) is 10.9. The van der Waals surface area contributed by atoms with Crippen LogP contribution in [0.25, 0.3) is 11.3 Å². The van der Waals surface area contributed by atoms with Crippen LogP contribution in [0.2, 0.25) is 0 Å². The predicted molar refractivity (Wildman–Crippen MR) is 178 cm³/mol. The number of amides is 1. The van der Waals surface area contributed by atoms with E-state index in [1.807, 2.05) is 37.3 Å². The molecule has 3 aliphatic heterocycles. The lowest BCUT2D eigenvalue weighted by molar-refractivity contribution is -0.133. The molecule has 0 aliphatic carbocycles. The molecule has 12 nitrogen and oxygen atoms in total. The summed E-state index contributed by atoms with van der Waals surface area (Å²) in [5, 5.41) is 25.5. The highest BCUT2D eigenvalue weighted by atomic mass is 35.5. The number of halogens is 1. The zero-order valence-electron chi connectivity index (χ0n) is 26.2. The number of allylic oxidation sites excluding steroid dienone is 5. The van der Waals surface area contributed by atoms with E-state index in [-0.39, 0.29) is 19.2 Å². The molecule has 0 spiro atoms. The fraction of sp³-hybridized carbons (Fsp3) is 0.424. The summed E-state index contributed by atoms with van der Waals surface area (Å²) in [6.07, 6.45) is 3.05. The van der Waals surface area contributed by atoms with E-state index >= 15 is 0 Å². The smallest absolute Gasteiger partial charge is 0.411 e. The van der Waals surface area contributed by atoms with Gasteiger partial charge in [0.1, 0.15) is 18.8 Å². The first-order valence-corrected chi connectivity index (χ1v) is 15.5. The van der Waals surface area contributed by atoms with E-state index in [0.29, 0.717) is 60.7 Å². The van der Waals surface area contributed by atoms with Gasteiger partial charge in [0.25, 0.3) is 6.02 Å². The predicted octanol–water partition coefficient (Wildman–Crippen LogP) is 3.54. The molecule has 0 bridgehead atoms. The van der Waals surface area contributed by atoms with Crippen LogP contribution in [-0.2, 0) is 18.9 Å². The number of nitrogens with one attached hydrogen (secondary N) is 2. The molecule has 0 unspecified atom stereocenters. The minimum Gasteiger partial charge on any atom is -0.459 e. The molecular formula is C33H42ClN5O7. The van der Waals surface area contributed by atoms with Gasteiger partial charge in [-0.2, -0.15) is 4.99 Å². The lowest BCUT2D eigenvalue weighted by Gasteiger charge is -2.32. The van der Waals surface area contributed by atoms with Gasteiger partial charge >= 0.3 is 6.09 Å². The van der Waals surface area contributed by atoms with Crippen LogP contribution < -0.4 is 10.6 Å². The van der Waals surface area contributed by atoms with Crippen molar-refractivity contribution in [3.63, 3.8) is 0 Å². The monoisotopic (exact) mass is 655 g/mol. The molecule has 3 aliphatic rings. The highest BCUT2D eigenvalue weighted by Crippen LogP contribution is 2.27. The largest absolute Gasteiger partial charge is 0.459 e. The lowest BCUT2D eigenvalue weighted by Crippen LogP contribution is -2.45. The van der Waals surface area contributed by atoms with Crippen LogP contribution in [0.4, 0.5) is 4.79 Å². The van der Waals surface area contributed by atoms with Gasteiger partial charge in [-0.1, -0.05) is 55.1 Å². The van der Waals surface area contributed by atoms with Crippen molar-refractivity contribution in [1.82, 2.24) is 15.5 Å². The number of amidine groups is 2. The maximum Gasteiger partial charge on any atom is 0.411 e. The average molecular weight is 656 g/mol. The number of benzene rings is 1. The van der Waals surface area contributed by atoms with Gasteiger partial charge in [0.15, 0.2) is 5.84 Å². The minimum atomic E-state index is -0.839. The Hall–Kier alpha value is -3.78. The zero-order chi connectivity index (χ0) is 33.1. The number of morpholine rings is 1. The molecule has 1 aromatic rings. The summed E-state index contributed by atoms with van der Waals surface area (Å²) in [7, 11) is 0. The molecule has 2 fully saturated rings. The molecule has 3 heterocycles. The Morgan fingerprint density at radius 3 is 2.61 bits per heavy atom. The van der Waals surface area contributed by atoms with Crippen molar-refractivity contribution in [2.24, 2.45) is 9.98 Å². The van der Waals surface area contributed by atoms with E-state index < -0.39 is 24.4 Å². The Balaban J connectivity index is 1.36. The first kappa shape index (κ1) is 35.1. The van der Waals surface area contributed by atoms with E-state index in [1.165, 1.54) is 0 Å².